The molecule has 0 heterocycles. The van der Waals surface area contributed by atoms with Gasteiger partial charge in [-0.2, -0.15) is 0 Å². The summed E-state index contributed by atoms with van der Waals surface area (Å²) in [5.74, 6) is -2.25. The molecule has 1 unspecified atom stereocenters. The van der Waals surface area contributed by atoms with Crippen molar-refractivity contribution in [1.29, 1.82) is 0 Å². The van der Waals surface area contributed by atoms with E-state index in [4.69, 9.17) is 0 Å². The molecule has 0 amide bonds. The molecule has 0 radical (unpaired) electrons. The maximum atomic E-state index is 12.8. The first kappa shape index (κ1) is 13.2. The van der Waals surface area contributed by atoms with Crippen LogP contribution in [0.15, 0.2) is 24.3 Å². The lowest BCUT2D eigenvalue weighted by Crippen LogP contribution is -2.18. The summed E-state index contributed by atoms with van der Waals surface area (Å²) in [6.45, 7) is 0. The van der Waals surface area contributed by atoms with Gasteiger partial charge >= 0.3 is 11.9 Å². The molecule has 0 aliphatic carbocycles. The molecule has 1 rings (SSSR count). The van der Waals surface area contributed by atoms with Crippen molar-refractivity contribution in [1.82, 2.24) is 0 Å². The molecule has 0 fully saturated rings. The van der Waals surface area contributed by atoms with E-state index in [0.717, 1.165) is 0 Å². The number of ether oxygens (including phenoxy) is 2. The number of methoxy groups -OCH3 is 2. The van der Waals surface area contributed by atoms with Crippen LogP contribution in [0.1, 0.15) is 17.9 Å². The first-order chi connectivity index (χ1) is 8.08. The van der Waals surface area contributed by atoms with Crippen LogP contribution in [0.5, 0.6) is 0 Å². The van der Waals surface area contributed by atoms with Crippen LogP contribution in [-0.2, 0) is 19.1 Å². The molecule has 1 aromatic rings. The van der Waals surface area contributed by atoms with Crippen molar-refractivity contribution < 1.29 is 23.5 Å². The highest BCUT2D eigenvalue weighted by Gasteiger charge is 2.25. The predicted octanol–water partition coefficient (Wildman–Crippen LogP) is 1.65. The summed E-state index contributed by atoms with van der Waals surface area (Å²) in [4.78, 5) is 22.7. The highest BCUT2D eigenvalue weighted by molar-refractivity contribution is 5.84. The summed E-state index contributed by atoms with van der Waals surface area (Å²) in [5.41, 5.74) is 0.517. The van der Waals surface area contributed by atoms with E-state index in [1.807, 2.05) is 0 Å². The zero-order chi connectivity index (χ0) is 12.8. The van der Waals surface area contributed by atoms with Crippen molar-refractivity contribution >= 4 is 11.9 Å². The zero-order valence-electron chi connectivity index (χ0n) is 9.60. The molecule has 0 bridgehead atoms. The second-order valence-corrected chi connectivity index (χ2v) is 3.41. The molecule has 0 saturated heterocycles. The fourth-order valence-corrected chi connectivity index (χ4v) is 1.42. The van der Waals surface area contributed by atoms with E-state index in [9.17, 15) is 14.0 Å². The Balaban J connectivity index is 2.93. The van der Waals surface area contributed by atoms with Gasteiger partial charge in [-0.25, -0.2) is 4.39 Å². The van der Waals surface area contributed by atoms with Gasteiger partial charge in [0.1, 0.15) is 5.82 Å². The standard InChI is InChI=1S/C12H13FO4/c1-16-11(14)7-10(12(15)17-2)8-3-5-9(13)6-4-8/h3-6,10H,7H2,1-2H3. The molecule has 0 N–H and O–H groups in total. The lowest BCUT2D eigenvalue weighted by molar-refractivity contribution is -0.149. The van der Waals surface area contributed by atoms with E-state index in [1.54, 1.807) is 0 Å². The number of esters is 2. The molecule has 17 heavy (non-hydrogen) atoms. The summed E-state index contributed by atoms with van der Waals surface area (Å²) in [7, 11) is 2.47. The second kappa shape index (κ2) is 5.98. The third kappa shape index (κ3) is 3.55. The van der Waals surface area contributed by atoms with E-state index >= 15 is 0 Å². The third-order valence-corrected chi connectivity index (χ3v) is 2.36. The number of hydrogen-bond acceptors (Lipinski definition) is 4. The molecule has 0 aliphatic rings. The second-order valence-electron chi connectivity index (χ2n) is 3.41. The summed E-state index contributed by atoms with van der Waals surface area (Å²) in [5, 5.41) is 0. The van der Waals surface area contributed by atoms with Gasteiger partial charge < -0.3 is 9.47 Å². The Morgan fingerprint density at radius 3 is 2.24 bits per heavy atom. The van der Waals surface area contributed by atoms with Crippen molar-refractivity contribution in [3.63, 3.8) is 0 Å². The molecule has 1 aromatic carbocycles. The van der Waals surface area contributed by atoms with Gasteiger partial charge in [0, 0.05) is 0 Å². The molecule has 1 atom stereocenters. The maximum Gasteiger partial charge on any atom is 0.313 e. The monoisotopic (exact) mass is 240 g/mol. The SMILES string of the molecule is COC(=O)CC(C(=O)OC)c1ccc(F)cc1. The minimum absolute atomic E-state index is 0.130. The normalized spacial score (nSPS) is 11.7. The number of benzene rings is 1. The van der Waals surface area contributed by atoms with Crippen LogP contribution in [-0.4, -0.2) is 26.2 Å². The van der Waals surface area contributed by atoms with E-state index in [-0.39, 0.29) is 6.42 Å². The molecule has 5 heteroatoms. The molecular weight excluding hydrogens is 227 g/mol. The Bertz CT molecular complexity index is 399. The average Bonchev–Trinajstić information content (AvgIpc) is 2.36. The summed E-state index contributed by atoms with van der Waals surface area (Å²) in [6, 6.07) is 5.34. The van der Waals surface area contributed by atoms with Crippen molar-refractivity contribution in [3.05, 3.63) is 35.6 Å². The van der Waals surface area contributed by atoms with E-state index in [1.165, 1.54) is 38.5 Å². The van der Waals surface area contributed by atoms with E-state index in [2.05, 4.69) is 9.47 Å². The van der Waals surface area contributed by atoms with Gasteiger partial charge in [-0.3, -0.25) is 9.59 Å². The highest BCUT2D eigenvalue weighted by atomic mass is 19.1. The number of rotatable bonds is 4. The molecule has 0 spiro atoms. The molecule has 4 nitrogen and oxygen atoms in total. The van der Waals surface area contributed by atoms with Gasteiger partial charge in [0.05, 0.1) is 26.6 Å². The lowest BCUT2D eigenvalue weighted by atomic mass is 9.96. The van der Waals surface area contributed by atoms with Gasteiger partial charge in [0.25, 0.3) is 0 Å². The molecule has 0 aliphatic heterocycles. The zero-order valence-corrected chi connectivity index (χ0v) is 9.60. The first-order valence-electron chi connectivity index (χ1n) is 4.98. The van der Waals surface area contributed by atoms with Gasteiger partial charge in [-0.05, 0) is 17.7 Å². The lowest BCUT2D eigenvalue weighted by Gasteiger charge is -2.13. The van der Waals surface area contributed by atoms with Gasteiger partial charge in [-0.1, -0.05) is 12.1 Å². The van der Waals surface area contributed by atoms with Gasteiger partial charge in [0.15, 0.2) is 0 Å². The van der Waals surface area contributed by atoms with Crippen LogP contribution in [0, 0.1) is 5.82 Å². The fourth-order valence-electron chi connectivity index (χ4n) is 1.42. The molecule has 0 aromatic heterocycles. The van der Waals surface area contributed by atoms with Crippen molar-refractivity contribution in [2.45, 2.75) is 12.3 Å². The Hall–Kier alpha value is -1.91. The van der Waals surface area contributed by atoms with Gasteiger partial charge in [-0.15, -0.1) is 0 Å². The summed E-state index contributed by atoms with van der Waals surface area (Å²) < 4.78 is 21.9. The minimum atomic E-state index is -0.770. The number of carbonyl (C=O) groups is 2. The Kier molecular flexibility index (Phi) is 4.63. The van der Waals surface area contributed by atoms with Crippen molar-refractivity contribution in [2.75, 3.05) is 14.2 Å². The topological polar surface area (TPSA) is 52.6 Å². The molecule has 92 valence electrons. The Morgan fingerprint density at radius 1 is 1.18 bits per heavy atom. The number of halogens is 1. The minimum Gasteiger partial charge on any atom is -0.469 e. The summed E-state index contributed by atoms with van der Waals surface area (Å²) in [6.07, 6.45) is -0.130. The van der Waals surface area contributed by atoms with Crippen molar-refractivity contribution in [2.24, 2.45) is 0 Å². The van der Waals surface area contributed by atoms with Crippen LogP contribution in [0.3, 0.4) is 0 Å². The largest absolute Gasteiger partial charge is 0.469 e. The number of hydrogen-bond donors (Lipinski definition) is 0. The molecular formula is C12H13FO4. The molecule has 0 saturated carbocycles. The van der Waals surface area contributed by atoms with Crippen LogP contribution in [0.2, 0.25) is 0 Å². The third-order valence-electron chi connectivity index (χ3n) is 2.36. The smallest absolute Gasteiger partial charge is 0.313 e. The fraction of sp³-hybridized carbons (Fsp3) is 0.333. The quantitative estimate of drug-likeness (QED) is 0.751. The van der Waals surface area contributed by atoms with Gasteiger partial charge in [0.2, 0.25) is 0 Å². The summed E-state index contributed by atoms with van der Waals surface area (Å²) >= 11 is 0. The van der Waals surface area contributed by atoms with Crippen LogP contribution >= 0.6 is 0 Å². The van der Waals surface area contributed by atoms with Crippen LogP contribution < -0.4 is 0 Å². The van der Waals surface area contributed by atoms with E-state index < -0.39 is 23.7 Å². The van der Waals surface area contributed by atoms with Crippen molar-refractivity contribution in [3.8, 4) is 0 Å². The Labute approximate surface area is 98.3 Å². The van der Waals surface area contributed by atoms with Crippen LogP contribution in [0.4, 0.5) is 4.39 Å². The first-order valence-corrected chi connectivity index (χ1v) is 4.98. The highest BCUT2D eigenvalue weighted by Crippen LogP contribution is 2.22. The Morgan fingerprint density at radius 2 is 1.76 bits per heavy atom. The number of carbonyl (C=O) groups excluding carboxylic acids is 2. The average molecular weight is 240 g/mol. The predicted molar refractivity (Wildman–Crippen MR) is 57.8 cm³/mol. The van der Waals surface area contributed by atoms with Crippen LogP contribution in [0.25, 0.3) is 0 Å². The maximum absolute atomic E-state index is 12.8. The van der Waals surface area contributed by atoms with E-state index in [0.29, 0.717) is 5.56 Å².